The van der Waals surface area contributed by atoms with Crippen LogP contribution in [-0.2, 0) is 11.0 Å². The Bertz CT molecular complexity index is 781. The van der Waals surface area contributed by atoms with Crippen LogP contribution in [0.2, 0.25) is 0 Å². The number of hydrogen-bond acceptors (Lipinski definition) is 5. The Hall–Kier alpha value is -1.75. The first-order valence-electron chi connectivity index (χ1n) is 9.02. The summed E-state index contributed by atoms with van der Waals surface area (Å²) < 4.78 is 74.8. The number of rotatable bonds is 5. The van der Waals surface area contributed by atoms with Crippen molar-refractivity contribution in [1.82, 2.24) is 4.31 Å². The number of nitrogens with zero attached hydrogens (tertiary/aromatic N) is 2. The first-order chi connectivity index (χ1) is 13.4. The molecule has 2 aliphatic rings. The van der Waals surface area contributed by atoms with E-state index in [0.29, 0.717) is 18.0 Å². The predicted molar refractivity (Wildman–Crippen MR) is 97.5 cm³/mol. The van der Waals surface area contributed by atoms with Gasteiger partial charge in [-0.3, -0.25) is 4.79 Å². The van der Waals surface area contributed by atoms with Gasteiger partial charge in [-0.05, 0) is 38.1 Å². The summed E-state index contributed by atoms with van der Waals surface area (Å²) in [4.78, 5) is 13.0. The molecule has 29 heavy (non-hydrogen) atoms. The van der Waals surface area contributed by atoms with Crippen molar-refractivity contribution < 1.29 is 36.6 Å². The van der Waals surface area contributed by atoms with E-state index in [0.717, 1.165) is 6.07 Å². The number of benzene rings is 1. The number of anilines is 1. The fourth-order valence-corrected chi connectivity index (χ4v) is 4.22. The van der Waals surface area contributed by atoms with Gasteiger partial charge in [0.05, 0.1) is 22.1 Å². The number of carboxylic acid groups (broad SMARTS) is 1. The zero-order chi connectivity index (χ0) is 21.6. The van der Waals surface area contributed by atoms with E-state index in [1.165, 1.54) is 24.9 Å². The summed E-state index contributed by atoms with van der Waals surface area (Å²) in [5.41, 5.74) is -0.805. The Labute approximate surface area is 168 Å². The summed E-state index contributed by atoms with van der Waals surface area (Å²) in [6.07, 6.45) is -5.53. The first kappa shape index (κ1) is 21.9. The topological polar surface area (TPSA) is 53.0 Å². The Morgan fingerprint density at radius 1 is 1.34 bits per heavy atom. The molecule has 1 aliphatic carbocycles. The van der Waals surface area contributed by atoms with Crippen LogP contribution in [0.3, 0.4) is 0 Å². The van der Waals surface area contributed by atoms with Crippen molar-refractivity contribution in [3.63, 3.8) is 0 Å². The summed E-state index contributed by atoms with van der Waals surface area (Å²) in [6, 6.07) is 1.62. The van der Waals surface area contributed by atoms with Crippen molar-refractivity contribution in [2.75, 3.05) is 31.6 Å². The SMILES string of the molecule is CC(COc1cc2c(cc1C(F)(F)F)N(C1CC(F)(F)C1)CCN(C)S2)C(=O)O. The molecule has 1 saturated carbocycles. The molecule has 1 unspecified atom stereocenters. The number of ether oxygens (including phenoxy) is 1. The molecular formula is C18H21F5N2O3S. The van der Waals surface area contributed by atoms with Gasteiger partial charge >= 0.3 is 12.1 Å². The molecule has 11 heteroatoms. The maximum Gasteiger partial charge on any atom is 0.420 e. The molecule has 1 fully saturated rings. The second kappa shape index (κ2) is 7.82. The number of aliphatic carboxylic acids is 1. The zero-order valence-corrected chi connectivity index (χ0v) is 16.6. The highest BCUT2D eigenvalue weighted by Crippen LogP contribution is 2.48. The van der Waals surface area contributed by atoms with Crippen molar-refractivity contribution in [1.29, 1.82) is 0 Å². The molecular weight excluding hydrogens is 419 g/mol. The smallest absolute Gasteiger partial charge is 0.420 e. The van der Waals surface area contributed by atoms with Gasteiger partial charge in [0, 0.05) is 32.0 Å². The minimum atomic E-state index is -4.74. The van der Waals surface area contributed by atoms with Gasteiger partial charge in [0.1, 0.15) is 12.4 Å². The third-order valence-electron chi connectivity index (χ3n) is 5.01. The van der Waals surface area contributed by atoms with E-state index in [1.807, 2.05) is 4.31 Å². The highest BCUT2D eigenvalue weighted by Gasteiger charge is 2.49. The molecule has 0 aromatic heterocycles. The molecule has 1 aliphatic heterocycles. The maximum absolute atomic E-state index is 13.7. The lowest BCUT2D eigenvalue weighted by Crippen LogP contribution is -2.52. The first-order valence-corrected chi connectivity index (χ1v) is 9.79. The van der Waals surface area contributed by atoms with E-state index in [9.17, 15) is 26.7 Å². The third-order valence-corrected chi connectivity index (χ3v) is 6.02. The molecule has 3 rings (SSSR count). The van der Waals surface area contributed by atoms with E-state index < -0.39 is 60.8 Å². The molecule has 1 N–H and O–H groups in total. The summed E-state index contributed by atoms with van der Waals surface area (Å²) in [5, 5.41) is 8.94. The lowest BCUT2D eigenvalue weighted by Gasteiger charge is -2.44. The molecule has 1 heterocycles. The van der Waals surface area contributed by atoms with Crippen LogP contribution in [0, 0.1) is 5.92 Å². The van der Waals surface area contributed by atoms with Gasteiger partial charge in [-0.15, -0.1) is 0 Å². The molecule has 1 atom stereocenters. The largest absolute Gasteiger partial charge is 0.492 e. The van der Waals surface area contributed by atoms with Crippen molar-refractivity contribution in [3.05, 3.63) is 17.7 Å². The standard InChI is InChI=1S/C18H21F5N2O3S/c1-10(16(26)27)9-28-14-6-15-13(5-12(14)18(21,22)23)25(4-3-24(2)29-15)11-7-17(19,20)8-11/h5-6,10-11H,3-4,7-9H2,1-2H3,(H,26,27). The van der Waals surface area contributed by atoms with Crippen LogP contribution in [0.4, 0.5) is 27.6 Å². The molecule has 162 valence electrons. The average Bonchev–Trinajstić information content (AvgIpc) is 2.73. The quantitative estimate of drug-likeness (QED) is 0.543. The number of hydrogen-bond donors (Lipinski definition) is 1. The van der Waals surface area contributed by atoms with E-state index in [-0.39, 0.29) is 5.69 Å². The summed E-state index contributed by atoms with van der Waals surface area (Å²) in [6.45, 7) is 1.72. The predicted octanol–water partition coefficient (Wildman–Crippen LogP) is 4.36. The zero-order valence-electron chi connectivity index (χ0n) is 15.8. The van der Waals surface area contributed by atoms with Gasteiger partial charge in [-0.25, -0.2) is 13.1 Å². The number of carbonyl (C=O) groups is 1. The summed E-state index contributed by atoms with van der Waals surface area (Å²) in [7, 11) is 1.76. The molecule has 0 amide bonds. The van der Waals surface area contributed by atoms with Gasteiger partial charge in [-0.1, -0.05) is 0 Å². The molecule has 5 nitrogen and oxygen atoms in total. The number of carboxylic acids is 1. The summed E-state index contributed by atoms with van der Waals surface area (Å²) in [5.74, 6) is -5.43. The van der Waals surface area contributed by atoms with E-state index in [4.69, 9.17) is 9.84 Å². The molecule has 0 radical (unpaired) electrons. The molecule has 1 aromatic rings. The lowest BCUT2D eigenvalue weighted by atomic mass is 9.86. The summed E-state index contributed by atoms with van der Waals surface area (Å²) >= 11 is 1.20. The second-order valence-corrected chi connectivity index (χ2v) is 8.66. The number of halogens is 5. The van der Waals surface area contributed by atoms with Crippen LogP contribution in [-0.4, -0.2) is 54.1 Å². The van der Waals surface area contributed by atoms with E-state index >= 15 is 0 Å². The number of alkyl halides is 5. The van der Waals surface area contributed by atoms with Gasteiger partial charge in [0.15, 0.2) is 0 Å². The molecule has 0 saturated heterocycles. The van der Waals surface area contributed by atoms with Crippen molar-refractivity contribution >= 4 is 23.6 Å². The minimum absolute atomic E-state index is 0.241. The maximum atomic E-state index is 13.7. The van der Waals surface area contributed by atoms with Crippen LogP contribution in [0.15, 0.2) is 17.0 Å². The van der Waals surface area contributed by atoms with Crippen molar-refractivity contribution in [2.45, 2.75) is 42.8 Å². The molecule has 0 spiro atoms. The molecule has 1 aromatic carbocycles. The van der Waals surface area contributed by atoms with Crippen LogP contribution in [0.1, 0.15) is 25.3 Å². The lowest BCUT2D eigenvalue weighted by molar-refractivity contribution is -0.142. The second-order valence-electron chi connectivity index (χ2n) is 7.42. The fraction of sp³-hybridized carbons (Fsp3) is 0.611. The van der Waals surface area contributed by atoms with Gasteiger partial charge in [-0.2, -0.15) is 13.2 Å². The van der Waals surface area contributed by atoms with Crippen LogP contribution in [0.5, 0.6) is 5.75 Å². The average molecular weight is 440 g/mol. The fourth-order valence-electron chi connectivity index (χ4n) is 3.29. The van der Waals surface area contributed by atoms with Crippen LogP contribution >= 0.6 is 11.9 Å². The minimum Gasteiger partial charge on any atom is -0.492 e. The Kier molecular flexibility index (Phi) is 5.92. The third kappa shape index (κ3) is 4.88. The Morgan fingerprint density at radius 2 is 2.00 bits per heavy atom. The van der Waals surface area contributed by atoms with Gasteiger partial charge in [0.2, 0.25) is 0 Å². The number of fused-ring (bicyclic) bond motifs is 1. The van der Waals surface area contributed by atoms with E-state index in [1.54, 1.807) is 11.9 Å². The number of likely N-dealkylation sites (N-methyl/N-ethyl adjacent to an activating group) is 1. The Balaban J connectivity index is 1.99. The van der Waals surface area contributed by atoms with Gasteiger partial charge < -0.3 is 14.7 Å². The van der Waals surface area contributed by atoms with Crippen molar-refractivity contribution in [2.24, 2.45) is 5.92 Å². The molecule has 0 bridgehead atoms. The van der Waals surface area contributed by atoms with Crippen molar-refractivity contribution in [3.8, 4) is 5.75 Å². The highest BCUT2D eigenvalue weighted by atomic mass is 32.2. The normalized spacial score (nSPS) is 21.1. The van der Waals surface area contributed by atoms with Crippen LogP contribution < -0.4 is 9.64 Å². The van der Waals surface area contributed by atoms with Gasteiger partial charge in [0.25, 0.3) is 5.92 Å². The Morgan fingerprint density at radius 3 is 2.55 bits per heavy atom. The highest BCUT2D eigenvalue weighted by molar-refractivity contribution is 7.97. The van der Waals surface area contributed by atoms with E-state index in [2.05, 4.69) is 0 Å². The monoisotopic (exact) mass is 440 g/mol. The van der Waals surface area contributed by atoms with Crippen LogP contribution in [0.25, 0.3) is 0 Å².